The monoisotopic (exact) mass is 276 g/mol. The summed E-state index contributed by atoms with van der Waals surface area (Å²) in [7, 11) is 5.56. The molecule has 2 atom stereocenters. The van der Waals surface area contributed by atoms with Crippen LogP contribution in [0.4, 0.5) is 0 Å². The molecule has 6 heteroatoms. The molecule has 2 heterocycles. The van der Waals surface area contributed by atoms with Gasteiger partial charge in [0, 0.05) is 39.5 Å². The highest BCUT2D eigenvalue weighted by atomic mass is 16.5. The molecule has 1 aliphatic heterocycles. The minimum atomic E-state index is -0.0722. The van der Waals surface area contributed by atoms with Gasteiger partial charge in [-0.3, -0.25) is 9.69 Å². The molecule has 1 amide bonds. The number of nitrogens with one attached hydrogen (secondary N) is 1. The molecule has 0 aliphatic carbocycles. The number of hydrogen-bond acceptors (Lipinski definition) is 4. The first-order chi connectivity index (χ1) is 9.55. The molecule has 1 fully saturated rings. The van der Waals surface area contributed by atoms with Crippen molar-refractivity contribution in [2.24, 2.45) is 0 Å². The summed E-state index contributed by atoms with van der Waals surface area (Å²) in [4.78, 5) is 19.0. The molecule has 1 aromatic heterocycles. The number of aromatic nitrogens is 1. The average Bonchev–Trinajstić information content (AvgIpc) is 3.05. The molecule has 0 bridgehead atoms. The van der Waals surface area contributed by atoms with Gasteiger partial charge in [-0.05, 0) is 19.5 Å². The Morgan fingerprint density at radius 3 is 3.00 bits per heavy atom. The highest BCUT2D eigenvalue weighted by molar-refractivity contribution is 5.94. The summed E-state index contributed by atoms with van der Waals surface area (Å²) >= 11 is 0. The molecular formula is C14H20N4O2. The van der Waals surface area contributed by atoms with E-state index < -0.39 is 0 Å². The molecule has 1 N–H and O–H groups in total. The Hall–Kier alpha value is -1.84. The molecule has 2 rings (SSSR count). The van der Waals surface area contributed by atoms with E-state index >= 15 is 0 Å². The van der Waals surface area contributed by atoms with Crippen LogP contribution in [0.5, 0.6) is 0 Å². The third kappa shape index (κ3) is 3.00. The average molecular weight is 276 g/mol. The zero-order valence-corrected chi connectivity index (χ0v) is 12.1. The topological polar surface area (TPSA) is 72.4 Å². The van der Waals surface area contributed by atoms with E-state index in [9.17, 15) is 4.79 Å². The van der Waals surface area contributed by atoms with Crippen LogP contribution in [0.25, 0.3) is 0 Å². The van der Waals surface area contributed by atoms with E-state index in [1.165, 1.54) is 0 Å². The van der Waals surface area contributed by atoms with Crippen LogP contribution in [0.3, 0.4) is 0 Å². The third-order valence-electron chi connectivity index (χ3n) is 3.86. The number of nitrogens with zero attached hydrogens (tertiary/aromatic N) is 3. The number of carbonyl (C=O) groups is 1. The van der Waals surface area contributed by atoms with Crippen molar-refractivity contribution in [3.8, 4) is 6.07 Å². The van der Waals surface area contributed by atoms with Gasteiger partial charge in [-0.25, -0.2) is 0 Å². The Labute approximate surface area is 118 Å². The molecule has 0 unspecified atom stereocenters. The van der Waals surface area contributed by atoms with Crippen molar-refractivity contribution in [2.45, 2.75) is 18.6 Å². The molecule has 0 spiro atoms. The van der Waals surface area contributed by atoms with E-state index in [0.717, 1.165) is 13.0 Å². The van der Waals surface area contributed by atoms with Gasteiger partial charge in [0.05, 0.1) is 11.7 Å². The molecule has 1 saturated heterocycles. The van der Waals surface area contributed by atoms with E-state index in [0.29, 0.717) is 23.8 Å². The largest absolute Gasteiger partial charge is 0.380 e. The van der Waals surface area contributed by atoms with E-state index in [-0.39, 0.29) is 12.0 Å². The van der Waals surface area contributed by atoms with Gasteiger partial charge in [0.2, 0.25) is 0 Å². The summed E-state index contributed by atoms with van der Waals surface area (Å²) in [6.07, 6.45) is 2.75. The van der Waals surface area contributed by atoms with Gasteiger partial charge in [-0.2, -0.15) is 5.26 Å². The van der Waals surface area contributed by atoms with Gasteiger partial charge in [-0.1, -0.05) is 0 Å². The minimum Gasteiger partial charge on any atom is -0.380 e. The number of hydrogen-bond donors (Lipinski definition) is 1. The predicted octanol–water partition coefficient (Wildman–Crippen LogP) is 0.677. The van der Waals surface area contributed by atoms with Crippen molar-refractivity contribution in [1.29, 1.82) is 5.26 Å². The maximum atomic E-state index is 12.3. The molecular weight excluding hydrogens is 256 g/mol. The number of likely N-dealkylation sites (tertiary alicyclic amines) is 1. The Balaban J connectivity index is 1.96. The van der Waals surface area contributed by atoms with Gasteiger partial charge in [-0.15, -0.1) is 0 Å². The molecule has 1 aromatic rings. The van der Waals surface area contributed by atoms with Crippen molar-refractivity contribution in [2.75, 3.05) is 34.3 Å². The van der Waals surface area contributed by atoms with Crippen LogP contribution in [-0.4, -0.2) is 67.1 Å². The van der Waals surface area contributed by atoms with Gasteiger partial charge in [0.1, 0.15) is 11.8 Å². The van der Waals surface area contributed by atoms with Crippen LogP contribution >= 0.6 is 0 Å². The van der Waals surface area contributed by atoms with Crippen molar-refractivity contribution < 1.29 is 9.53 Å². The van der Waals surface area contributed by atoms with Crippen LogP contribution in [0.2, 0.25) is 0 Å². The summed E-state index contributed by atoms with van der Waals surface area (Å²) in [6.45, 7) is 1.55. The van der Waals surface area contributed by atoms with E-state index in [2.05, 4.69) is 9.88 Å². The fourth-order valence-electron chi connectivity index (χ4n) is 2.61. The first-order valence-corrected chi connectivity index (χ1v) is 6.62. The van der Waals surface area contributed by atoms with Gasteiger partial charge >= 0.3 is 0 Å². The summed E-state index contributed by atoms with van der Waals surface area (Å²) in [6, 6.07) is 3.87. The third-order valence-corrected chi connectivity index (χ3v) is 3.86. The molecule has 1 aliphatic rings. The highest BCUT2D eigenvalue weighted by Gasteiger charge is 2.31. The number of H-pyrrole nitrogens is 1. The van der Waals surface area contributed by atoms with Crippen LogP contribution < -0.4 is 0 Å². The van der Waals surface area contributed by atoms with Crippen molar-refractivity contribution >= 4 is 5.91 Å². The lowest BCUT2D eigenvalue weighted by Gasteiger charge is -2.25. The number of rotatable bonds is 4. The fourth-order valence-corrected chi connectivity index (χ4v) is 2.61. The quantitative estimate of drug-likeness (QED) is 0.877. The van der Waals surface area contributed by atoms with Gasteiger partial charge < -0.3 is 14.6 Å². The number of aromatic amines is 1. The van der Waals surface area contributed by atoms with Crippen LogP contribution in [-0.2, 0) is 4.74 Å². The molecule has 20 heavy (non-hydrogen) atoms. The Bertz CT molecular complexity index is 519. The van der Waals surface area contributed by atoms with Gasteiger partial charge in [0.15, 0.2) is 0 Å². The van der Waals surface area contributed by atoms with E-state index in [1.807, 2.05) is 13.1 Å². The van der Waals surface area contributed by atoms with Crippen molar-refractivity contribution in [1.82, 2.24) is 14.8 Å². The number of likely N-dealkylation sites (N-methyl/N-ethyl adjacent to an activating group) is 2. The summed E-state index contributed by atoms with van der Waals surface area (Å²) in [5, 5.41) is 8.77. The molecule has 0 saturated carbocycles. The zero-order chi connectivity index (χ0) is 14.7. The second kappa shape index (κ2) is 6.07. The lowest BCUT2D eigenvalue weighted by molar-refractivity contribution is 0.0760. The second-order valence-electron chi connectivity index (χ2n) is 5.29. The standard InChI is InChI=1S/C14H20N4O2/c1-17-9-13(20-3)5-12(17)8-18(2)14(19)10-4-11(6-15)16-7-10/h4,7,12-13,16H,5,8-9H2,1-3H3/t12-,13-/m0/s1. The lowest BCUT2D eigenvalue weighted by atomic mass is 10.1. The zero-order valence-electron chi connectivity index (χ0n) is 12.1. The molecule has 6 nitrogen and oxygen atoms in total. The number of ether oxygens (including phenoxy) is 1. The van der Waals surface area contributed by atoms with Crippen LogP contribution in [0.1, 0.15) is 22.5 Å². The SMILES string of the molecule is CO[C@H]1C[C@@H](CN(C)C(=O)c2c[nH]c(C#N)c2)N(C)C1. The fraction of sp³-hybridized carbons (Fsp3) is 0.571. The first-order valence-electron chi connectivity index (χ1n) is 6.62. The Morgan fingerprint density at radius 2 is 2.45 bits per heavy atom. The van der Waals surface area contributed by atoms with Crippen molar-refractivity contribution in [3.05, 3.63) is 23.5 Å². The first kappa shape index (κ1) is 14.6. The summed E-state index contributed by atoms with van der Waals surface area (Å²) < 4.78 is 5.37. The normalized spacial score (nSPS) is 22.7. The molecule has 0 aromatic carbocycles. The number of nitriles is 1. The predicted molar refractivity (Wildman–Crippen MR) is 74.3 cm³/mol. The van der Waals surface area contributed by atoms with E-state index in [1.54, 1.807) is 31.3 Å². The van der Waals surface area contributed by atoms with Crippen LogP contribution in [0.15, 0.2) is 12.3 Å². The maximum Gasteiger partial charge on any atom is 0.255 e. The van der Waals surface area contributed by atoms with Crippen LogP contribution in [0, 0.1) is 11.3 Å². The smallest absolute Gasteiger partial charge is 0.255 e. The molecule has 0 radical (unpaired) electrons. The summed E-state index contributed by atoms with van der Waals surface area (Å²) in [5.41, 5.74) is 0.923. The van der Waals surface area contributed by atoms with Gasteiger partial charge in [0.25, 0.3) is 5.91 Å². The number of amides is 1. The Morgan fingerprint density at radius 1 is 1.70 bits per heavy atom. The Kier molecular flexibility index (Phi) is 4.42. The van der Waals surface area contributed by atoms with Crippen molar-refractivity contribution in [3.63, 3.8) is 0 Å². The number of methoxy groups -OCH3 is 1. The summed E-state index contributed by atoms with van der Waals surface area (Å²) in [5.74, 6) is -0.0722. The molecule has 108 valence electrons. The highest BCUT2D eigenvalue weighted by Crippen LogP contribution is 2.19. The lowest BCUT2D eigenvalue weighted by Crippen LogP contribution is -2.39. The maximum absolute atomic E-state index is 12.3. The minimum absolute atomic E-state index is 0.0722. The number of carbonyl (C=O) groups excluding carboxylic acids is 1. The van der Waals surface area contributed by atoms with E-state index in [4.69, 9.17) is 10.00 Å². The second-order valence-corrected chi connectivity index (χ2v) is 5.29.